The van der Waals surface area contributed by atoms with E-state index in [9.17, 15) is 0 Å². The number of ether oxygens (including phenoxy) is 1. The monoisotopic (exact) mass is 359 g/mol. The number of aromatic nitrogens is 1. The second-order valence-electron chi connectivity index (χ2n) is 6.87. The first-order chi connectivity index (χ1) is 13.9. The molecule has 0 amide bonds. The second kappa shape index (κ2) is 5.83. The average Bonchev–Trinajstić information content (AvgIpc) is 2.75. The van der Waals surface area contributed by atoms with Crippen molar-refractivity contribution in [2.24, 2.45) is 0 Å². The van der Waals surface area contributed by atoms with Crippen molar-refractivity contribution in [3.63, 3.8) is 0 Å². The van der Waals surface area contributed by atoms with E-state index in [4.69, 9.17) is 9.72 Å². The smallest absolute Gasteiger partial charge is 0.151 e. The zero-order valence-electron chi connectivity index (χ0n) is 14.9. The fourth-order valence-corrected chi connectivity index (χ4v) is 3.85. The quantitative estimate of drug-likeness (QED) is 0.332. The molecule has 0 saturated heterocycles. The van der Waals surface area contributed by atoms with Gasteiger partial charge in [-0.1, -0.05) is 54.6 Å². The first-order valence-corrected chi connectivity index (χ1v) is 9.24. The van der Waals surface area contributed by atoms with Gasteiger partial charge in [-0.2, -0.15) is 0 Å². The summed E-state index contributed by atoms with van der Waals surface area (Å²) in [6.07, 6.45) is 0. The number of fused-ring (bicyclic) bond motifs is 4. The lowest BCUT2D eigenvalue weighted by atomic mass is 9.97. The lowest BCUT2D eigenvalue weighted by Crippen LogP contribution is -2.04. The summed E-state index contributed by atoms with van der Waals surface area (Å²) in [6, 6.07) is 31.8. The van der Waals surface area contributed by atoms with Gasteiger partial charge in [-0.05, 0) is 35.9 Å². The van der Waals surface area contributed by atoms with E-state index < -0.39 is 0 Å². The lowest BCUT2D eigenvalue weighted by molar-refractivity contribution is 0.481. The molecule has 1 radical (unpaired) electrons. The van der Waals surface area contributed by atoms with Crippen molar-refractivity contribution >= 4 is 33.2 Å². The molecule has 0 saturated carbocycles. The van der Waals surface area contributed by atoms with Crippen molar-refractivity contribution in [2.45, 2.75) is 0 Å². The van der Waals surface area contributed by atoms with Gasteiger partial charge in [0.15, 0.2) is 11.5 Å². The topological polar surface area (TPSA) is 34.2 Å². The van der Waals surface area contributed by atoms with Gasteiger partial charge in [-0.3, -0.25) is 0 Å². The SMILES string of the molecule is [c]1cccc2c1Nc1c(cccc1-c1cccc3nc4ccccc4cc13)O2. The van der Waals surface area contributed by atoms with Gasteiger partial charge < -0.3 is 10.1 Å². The van der Waals surface area contributed by atoms with Crippen LogP contribution in [0.2, 0.25) is 0 Å². The Morgan fingerprint density at radius 1 is 0.750 bits per heavy atom. The van der Waals surface area contributed by atoms with Gasteiger partial charge in [0.05, 0.1) is 22.4 Å². The Labute approximate surface area is 162 Å². The Hall–Kier alpha value is -3.85. The largest absolute Gasteiger partial charge is 0.453 e. The third kappa shape index (κ3) is 2.26. The van der Waals surface area contributed by atoms with Crippen molar-refractivity contribution in [3.05, 3.63) is 91.0 Å². The van der Waals surface area contributed by atoms with Crippen LogP contribution in [0.3, 0.4) is 0 Å². The molecular weight excluding hydrogens is 344 g/mol. The van der Waals surface area contributed by atoms with Crippen LogP contribution in [0, 0.1) is 6.07 Å². The molecule has 1 aliphatic heterocycles. The standard InChI is InChI=1S/C25H15N2O/c1-2-10-20-16(7-1)15-19-17(8-5-12-21(19)26-20)18-9-6-14-24-25(18)27-22-11-3-4-13-23(22)28-24/h1-10,12-15,27H. The minimum absolute atomic E-state index is 0.790. The number of anilines is 2. The number of rotatable bonds is 1. The van der Waals surface area contributed by atoms with Gasteiger partial charge >= 0.3 is 0 Å². The minimum atomic E-state index is 0.790. The molecular formula is C25H15N2O. The highest BCUT2D eigenvalue weighted by Crippen LogP contribution is 2.47. The van der Waals surface area contributed by atoms with Gasteiger partial charge in [0.2, 0.25) is 0 Å². The fraction of sp³-hybridized carbons (Fsp3) is 0. The van der Waals surface area contributed by atoms with Gasteiger partial charge in [-0.25, -0.2) is 4.98 Å². The first-order valence-electron chi connectivity index (χ1n) is 9.24. The summed E-state index contributed by atoms with van der Waals surface area (Å²) in [5.74, 6) is 1.60. The Morgan fingerprint density at radius 3 is 2.57 bits per heavy atom. The molecule has 1 N–H and O–H groups in total. The van der Waals surface area contributed by atoms with Crippen LogP contribution in [0.25, 0.3) is 32.9 Å². The Kier molecular flexibility index (Phi) is 3.17. The third-order valence-corrected chi connectivity index (χ3v) is 5.16. The molecule has 1 aliphatic rings. The molecule has 131 valence electrons. The van der Waals surface area contributed by atoms with Crippen LogP contribution >= 0.6 is 0 Å². The zero-order chi connectivity index (χ0) is 18.5. The predicted octanol–water partition coefficient (Wildman–Crippen LogP) is 6.70. The lowest BCUT2D eigenvalue weighted by Gasteiger charge is -2.24. The summed E-state index contributed by atoms with van der Waals surface area (Å²) in [5, 5.41) is 5.77. The highest BCUT2D eigenvalue weighted by atomic mass is 16.5. The van der Waals surface area contributed by atoms with E-state index in [1.165, 1.54) is 0 Å². The molecule has 1 aromatic heterocycles. The van der Waals surface area contributed by atoms with Gasteiger partial charge in [0.25, 0.3) is 0 Å². The van der Waals surface area contributed by atoms with Crippen LogP contribution in [-0.4, -0.2) is 4.98 Å². The van der Waals surface area contributed by atoms with Crippen LogP contribution < -0.4 is 10.1 Å². The van der Waals surface area contributed by atoms with E-state index in [0.717, 1.165) is 55.8 Å². The Bertz CT molecular complexity index is 1370. The molecule has 5 aromatic rings. The number of hydrogen-bond donors (Lipinski definition) is 1. The predicted molar refractivity (Wildman–Crippen MR) is 113 cm³/mol. The van der Waals surface area contributed by atoms with E-state index in [-0.39, 0.29) is 0 Å². The number of nitrogens with one attached hydrogen (secondary N) is 1. The highest BCUT2D eigenvalue weighted by molar-refractivity contribution is 6.04. The number of hydrogen-bond acceptors (Lipinski definition) is 3. The molecule has 28 heavy (non-hydrogen) atoms. The first kappa shape index (κ1) is 15.2. The highest BCUT2D eigenvalue weighted by Gasteiger charge is 2.20. The molecule has 2 heterocycles. The minimum Gasteiger partial charge on any atom is -0.453 e. The summed E-state index contributed by atoms with van der Waals surface area (Å²) in [7, 11) is 0. The van der Waals surface area contributed by atoms with Gasteiger partial charge in [-0.15, -0.1) is 0 Å². The molecule has 0 bridgehead atoms. The Morgan fingerprint density at radius 2 is 1.57 bits per heavy atom. The van der Waals surface area contributed by atoms with Crippen LogP contribution in [0.1, 0.15) is 0 Å². The van der Waals surface area contributed by atoms with Crippen molar-refractivity contribution < 1.29 is 4.74 Å². The maximum atomic E-state index is 6.11. The number of pyridine rings is 1. The summed E-state index contributed by atoms with van der Waals surface area (Å²) in [5.41, 5.74) is 6.01. The maximum absolute atomic E-state index is 6.11. The second-order valence-corrected chi connectivity index (χ2v) is 6.87. The molecule has 0 atom stereocenters. The number of para-hydroxylation sites is 3. The number of nitrogens with zero attached hydrogens (tertiary/aromatic N) is 1. The average molecular weight is 359 g/mol. The van der Waals surface area contributed by atoms with E-state index in [1.807, 2.05) is 48.5 Å². The molecule has 6 rings (SSSR count). The van der Waals surface area contributed by atoms with E-state index in [2.05, 4.69) is 47.8 Å². The molecule has 0 unspecified atom stereocenters. The van der Waals surface area contributed by atoms with Crippen LogP contribution in [0.5, 0.6) is 11.5 Å². The molecule has 0 aliphatic carbocycles. The zero-order valence-corrected chi connectivity index (χ0v) is 14.9. The molecule has 3 nitrogen and oxygen atoms in total. The Balaban J connectivity index is 1.60. The molecule has 0 spiro atoms. The molecule has 3 heteroatoms. The van der Waals surface area contributed by atoms with Crippen molar-refractivity contribution in [2.75, 3.05) is 5.32 Å². The van der Waals surface area contributed by atoms with Crippen molar-refractivity contribution in [1.82, 2.24) is 4.98 Å². The van der Waals surface area contributed by atoms with Crippen LogP contribution in [0.15, 0.2) is 84.9 Å². The van der Waals surface area contributed by atoms with Crippen molar-refractivity contribution in [3.8, 4) is 22.6 Å². The van der Waals surface area contributed by atoms with E-state index in [1.54, 1.807) is 0 Å². The van der Waals surface area contributed by atoms with Crippen LogP contribution in [-0.2, 0) is 0 Å². The third-order valence-electron chi connectivity index (χ3n) is 5.16. The van der Waals surface area contributed by atoms with E-state index in [0.29, 0.717) is 0 Å². The van der Waals surface area contributed by atoms with Gasteiger partial charge in [0, 0.05) is 22.4 Å². The van der Waals surface area contributed by atoms with Gasteiger partial charge in [0.1, 0.15) is 0 Å². The molecule has 0 fully saturated rings. The fourth-order valence-electron chi connectivity index (χ4n) is 3.85. The summed E-state index contributed by atoms with van der Waals surface area (Å²) < 4.78 is 6.11. The summed E-state index contributed by atoms with van der Waals surface area (Å²) >= 11 is 0. The summed E-state index contributed by atoms with van der Waals surface area (Å²) in [4.78, 5) is 4.85. The van der Waals surface area contributed by atoms with E-state index >= 15 is 0 Å². The number of benzene rings is 4. The normalized spacial score (nSPS) is 12.1. The maximum Gasteiger partial charge on any atom is 0.151 e. The molecule has 4 aromatic carbocycles. The van der Waals surface area contributed by atoms with Crippen molar-refractivity contribution in [1.29, 1.82) is 0 Å². The summed E-state index contributed by atoms with van der Waals surface area (Å²) in [6.45, 7) is 0. The van der Waals surface area contributed by atoms with Crippen LogP contribution in [0.4, 0.5) is 11.4 Å².